The number of carbonyl (C=O) groups excluding carboxylic acids is 1. The average Bonchev–Trinajstić information content (AvgIpc) is 2.31. The van der Waals surface area contributed by atoms with E-state index >= 15 is 0 Å². The summed E-state index contributed by atoms with van der Waals surface area (Å²) in [5, 5.41) is 11.4. The van der Waals surface area contributed by atoms with E-state index in [2.05, 4.69) is 5.32 Å². The number of aliphatic carboxylic acids is 1. The Kier molecular flexibility index (Phi) is 6.01. The van der Waals surface area contributed by atoms with Crippen LogP contribution < -0.4 is 5.32 Å². The number of rotatable bonds is 6. The second-order valence-corrected chi connectivity index (χ2v) is 5.50. The highest BCUT2D eigenvalue weighted by Gasteiger charge is 2.14. The molecule has 98 valence electrons. The molecule has 1 rings (SSSR count). The molecule has 0 fully saturated rings. The fourth-order valence-corrected chi connectivity index (χ4v) is 2.22. The molecule has 2 N–H and O–H groups in total. The molecule has 0 bridgehead atoms. The summed E-state index contributed by atoms with van der Waals surface area (Å²) in [6, 6.07) is 7.21. The third kappa shape index (κ3) is 5.42. The summed E-state index contributed by atoms with van der Waals surface area (Å²) in [7, 11) is 0. The van der Waals surface area contributed by atoms with Gasteiger partial charge in [0.25, 0.3) is 0 Å². The first-order chi connectivity index (χ1) is 8.49. The molecule has 0 aliphatic carbocycles. The third-order valence-corrected chi connectivity index (χ3v) is 3.50. The molecule has 0 aliphatic rings. The molecular weight excluding hydrogens is 274 g/mol. The maximum absolute atomic E-state index is 11.6. The van der Waals surface area contributed by atoms with Gasteiger partial charge in [0.1, 0.15) is 0 Å². The normalized spacial score (nSPS) is 11.9. The molecule has 0 aromatic heterocycles. The Morgan fingerprint density at radius 2 is 2.00 bits per heavy atom. The number of hydrogen-bond acceptors (Lipinski definition) is 3. The van der Waals surface area contributed by atoms with E-state index in [1.165, 1.54) is 11.8 Å². The first kappa shape index (κ1) is 14.9. The predicted molar refractivity (Wildman–Crippen MR) is 72.0 cm³/mol. The van der Waals surface area contributed by atoms with Crippen molar-refractivity contribution in [1.82, 2.24) is 5.32 Å². The Balaban J connectivity index is 2.39. The minimum Gasteiger partial charge on any atom is -0.481 e. The van der Waals surface area contributed by atoms with Crippen LogP contribution in [0, 0.1) is 0 Å². The van der Waals surface area contributed by atoms with Crippen molar-refractivity contribution in [1.29, 1.82) is 0 Å². The number of carboxylic acid groups (broad SMARTS) is 1. The van der Waals surface area contributed by atoms with Crippen molar-refractivity contribution >= 4 is 35.2 Å². The summed E-state index contributed by atoms with van der Waals surface area (Å²) in [6.45, 7) is 1.93. The number of nitrogens with one attached hydrogen (secondary N) is 1. The molecule has 1 aromatic rings. The molecule has 0 saturated heterocycles. The highest BCUT2D eigenvalue weighted by molar-refractivity contribution is 8.00. The fraction of sp³-hybridized carbons (Fsp3) is 0.333. The van der Waals surface area contributed by atoms with Gasteiger partial charge in [0.15, 0.2) is 0 Å². The monoisotopic (exact) mass is 287 g/mol. The molecule has 0 heterocycles. The van der Waals surface area contributed by atoms with Crippen LogP contribution in [0.3, 0.4) is 0 Å². The van der Waals surface area contributed by atoms with E-state index in [4.69, 9.17) is 16.7 Å². The van der Waals surface area contributed by atoms with Crippen LogP contribution in [0.1, 0.15) is 13.3 Å². The van der Waals surface area contributed by atoms with Gasteiger partial charge in [0.2, 0.25) is 5.91 Å². The molecule has 0 spiro atoms. The SMILES string of the molecule is CC(Sc1ccc(Cl)cc1)C(=O)NCCC(=O)O. The molecule has 0 aliphatic heterocycles. The number of carbonyl (C=O) groups is 2. The van der Waals surface area contributed by atoms with Gasteiger partial charge in [0.05, 0.1) is 11.7 Å². The Morgan fingerprint density at radius 3 is 2.56 bits per heavy atom. The molecule has 1 atom stereocenters. The lowest BCUT2D eigenvalue weighted by Crippen LogP contribution is -2.32. The lowest BCUT2D eigenvalue weighted by Gasteiger charge is -2.11. The first-order valence-corrected chi connectivity index (χ1v) is 6.66. The van der Waals surface area contributed by atoms with Crippen LogP contribution in [-0.4, -0.2) is 28.8 Å². The van der Waals surface area contributed by atoms with Crippen molar-refractivity contribution in [2.45, 2.75) is 23.5 Å². The van der Waals surface area contributed by atoms with Crippen molar-refractivity contribution in [3.63, 3.8) is 0 Å². The smallest absolute Gasteiger partial charge is 0.305 e. The largest absolute Gasteiger partial charge is 0.481 e. The second kappa shape index (κ2) is 7.28. The van der Waals surface area contributed by atoms with Crippen molar-refractivity contribution in [3.05, 3.63) is 29.3 Å². The van der Waals surface area contributed by atoms with Crippen molar-refractivity contribution in [2.24, 2.45) is 0 Å². The van der Waals surface area contributed by atoms with Crippen LogP contribution in [0.4, 0.5) is 0 Å². The first-order valence-electron chi connectivity index (χ1n) is 5.41. The average molecular weight is 288 g/mol. The van der Waals surface area contributed by atoms with Crippen LogP contribution in [0.2, 0.25) is 5.02 Å². The number of benzene rings is 1. The number of thioether (sulfide) groups is 1. The van der Waals surface area contributed by atoms with E-state index in [1.54, 1.807) is 19.1 Å². The van der Waals surface area contributed by atoms with Crippen LogP contribution in [-0.2, 0) is 9.59 Å². The summed E-state index contributed by atoms with van der Waals surface area (Å²) < 4.78 is 0. The van der Waals surface area contributed by atoms with Crippen molar-refractivity contribution < 1.29 is 14.7 Å². The standard InChI is InChI=1S/C12H14ClNO3S/c1-8(12(17)14-7-6-11(15)16)18-10-4-2-9(13)3-5-10/h2-5,8H,6-7H2,1H3,(H,14,17)(H,15,16). The van der Waals surface area contributed by atoms with Gasteiger partial charge in [-0.05, 0) is 31.2 Å². The maximum atomic E-state index is 11.6. The maximum Gasteiger partial charge on any atom is 0.305 e. The fourth-order valence-electron chi connectivity index (χ4n) is 1.21. The molecule has 1 aromatic carbocycles. The summed E-state index contributed by atoms with van der Waals surface area (Å²) in [5.74, 6) is -1.09. The number of halogens is 1. The van der Waals surface area contributed by atoms with Crippen LogP contribution >= 0.6 is 23.4 Å². The topological polar surface area (TPSA) is 66.4 Å². The zero-order valence-electron chi connectivity index (χ0n) is 9.85. The van der Waals surface area contributed by atoms with Gasteiger partial charge in [-0.15, -0.1) is 11.8 Å². The van der Waals surface area contributed by atoms with E-state index in [0.29, 0.717) is 5.02 Å². The third-order valence-electron chi connectivity index (χ3n) is 2.13. The predicted octanol–water partition coefficient (Wildman–Crippen LogP) is 2.41. The van der Waals surface area contributed by atoms with Crippen molar-refractivity contribution in [3.8, 4) is 0 Å². The quantitative estimate of drug-likeness (QED) is 0.789. The molecule has 0 radical (unpaired) electrons. The van der Waals surface area contributed by atoms with Crippen LogP contribution in [0.25, 0.3) is 0 Å². The van der Waals surface area contributed by atoms with Crippen molar-refractivity contribution in [2.75, 3.05) is 6.54 Å². The van der Waals surface area contributed by atoms with E-state index < -0.39 is 5.97 Å². The Morgan fingerprint density at radius 1 is 1.39 bits per heavy atom. The molecule has 1 unspecified atom stereocenters. The Bertz CT molecular complexity index is 422. The van der Waals surface area contributed by atoms with Gasteiger partial charge in [-0.25, -0.2) is 0 Å². The Labute approximate surface area is 115 Å². The van der Waals surface area contributed by atoms with Gasteiger partial charge in [0, 0.05) is 16.5 Å². The molecule has 4 nitrogen and oxygen atoms in total. The highest BCUT2D eigenvalue weighted by atomic mass is 35.5. The highest BCUT2D eigenvalue weighted by Crippen LogP contribution is 2.24. The Hall–Kier alpha value is -1.20. The minimum absolute atomic E-state index is 0.0654. The number of hydrogen-bond donors (Lipinski definition) is 2. The number of amides is 1. The zero-order chi connectivity index (χ0) is 13.5. The lowest BCUT2D eigenvalue weighted by atomic mass is 10.4. The molecule has 0 saturated carbocycles. The van der Waals surface area contributed by atoms with Crippen LogP contribution in [0.15, 0.2) is 29.2 Å². The van der Waals surface area contributed by atoms with E-state index in [-0.39, 0.29) is 24.1 Å². The summed E-state index contributed by atoms with van der Waals surface area (Å²) >= 11 is 7.17. The van der Waals surface area contributed by atoms with E-state index in [9.17, 15) is 9.59 Å². The van der Waals surface area contributed by atoms with E-state index in [0.717, 1.165) is 4.90 Å². The van der Waals surface area contributed by atoms with Crippen LogP contribution in [0.5, 0.6) is 0 Å². The van der Waals surface area contributed by atoms with E-state index in [1.807, 2.05) is 12.1 Å². The molecule has 6 heteroatoms. The van der Waals surface area contributed by atoms with Gasteiger partial charge in [-0.2, -0.15) is 0 Å². The molecule has 1 amide bonds. The van der Waals surface area contributed by atoms with Gasteiger partial charge in [-0.3, -0.25) is 9.59 Å². The molecule has 18 heavy (non-hydrogen) atoms. The lowest BCUT2D eigenvalue weighted by molar-refractivity contribution is -0.136. The number of carboxylic acids is 1. The minimum atomic E-state index is -0.923. The van der Waals surface area contributed by atoms with Gasteiger partial charge >= 0.3 is 5.97 Å². The molecular formula is C12H14ClNO3S. The second-order valence-electron chi connectivity index (χ2n) is 3.65. The zero-order valence-corrected chi connectivity index (χ0v) is 11.4. The summed E-state index contributed by atoms with van der Waals surface area (Å²) in [5.41, 5.74) is 0. The van der Waals surface area contributed by atoms with Gasteiger partial charge in [-0.1, -0.05) is 11.6 Å². The summed E-state index contributed by atoms with van der Waals surface area (Å²) in [6.07, 6.45) is -0.0654. The summed E-state index contributed by atoms with van der Waals surface area (Å²) in [4.78, 5) is 22.9. The van der Waals surface area contributed by atoms with Gasteiger partial charge < -0.3 is 10.4 Å².